The lowest BCUT2D eigenvalue weighted by Gasteiger charge is -1.96. The van der Waals surface area contributed by atoms with E-state index in [4.69, 9.17) is 0 Å². The van der Waals surface area contributed by atoms with Crippen LogP contribution in [0.5, 0.6) is 0 Å². The highest BCUT2D eigenvalue weighted by Gasteiger charge is 2.10. The van der Waals surface area contributed by atoms with Crippen molar-refractivity contribution in [3.63, 3.8) is 0 Å². The van der Waals surface area contributed by atoms with Crippen LogP contribution in [0.1, 0.15) is 0 Å². The number of halogens is 2. The van der Waals surface area contributed by atoms with Crippen LogP contribution in [0.2, 0.25) is 0 Å². The predicted molar refractivity (Wildman–Crippen MR) is 55.8 cm³/mol. The van der Waals surface area contributed by atoms with E-state index in [-0.39, 0.29) is 0 Å². The molecule has 3 rings (SSSR count). The Labute approximate surface area is 89.1 Å². The number of hydrogen-bond donors (Lipinski definition) is 2. The maximum atomic E-state index is 13.1. The summed E-state index contributed by atoms with van der Waals surface area (Å²) in [6.45, 7) is 0. The molecule has 0 radical (unpaired) electrons. The number of fused-ring (bicyclic) bond motifs is 1. The van der Waals surface area contributed by atoms with Crippen LogP contribution in [-0.2, 0) is 0 Å². The molecule has 0 aliphatic carbocycles. The highest BCUT2D eigenvalue weighted by atomic mass is 19.2. The summed E-state index contributed by atoms with van der Waals surface area (Å²) in [5, 5.41) is 7.13. The molecule has 80 valence electrons. The van der Waals surface area contributed by atoms with E-state index in [1.54, 1.807) is 18.6 Å². The molecule has 0 saturated heterocycles. The number of nitrogens with zero attached hydrogens (tertiary/aromatic N) is 1. The van der Waals surface area contributed by atoms with Crippen molar-refractivity contribution in [2.24, 2.45) is 0 Å². The molecule has 0 saturated carbocycles. The number of H-pyrrole nitrogens is 2. The second kappa shape index (κ2) is 3.16. The Balaban J connectivity index is 2.32. The van der Waals surface area contributed by atoms with Crippen molar-refractivity contribution in [2.45, 2.75) is 0 Å². The Morgan fingerprint density at radius 1 is 1.06 bits per heavy atom. The van der Waals surface area contributed by atoms with E-state index in [2.05, 4.69) is 15.2 Å². The van der Waals surface area contributed by atoms with Gasteiger partial charge in [0.2, 0.25) is 0 Å². The van der Waals surface area contributed by atoms with E-state index in [1.165, 1.54) is 6.07 Å². The first kappa shape index (κ1) is 9.08. The Morgan fingerprint density at radius 2 is 1.88 bits per heavy atom. The van der Waals surface area contributed by atoms with Crippen molar-refractivity contribution in [3.8, 4) is 11.1 Å². The zero-order valence-corrected chi connectivity index (χ0v) is 8.09. The van der Waals surface area contributed by atoms with Crippen LogP contribution in [0.4, 0.5) is 8.78 Å². The molecule has 2 heterocycles. The maximum absolute atomic E-state index is 13.1. The molecule has 0 aliphatic heterocycles. The molecule has 16 heavy (non-hydrogen) atoms. The molecule has 2 N–H and O–H groups in total. The first-order valence-corrected chi connectivity index (χ1v) is 4.71. The Hall–Kier alpha value is -2.17. The third kappa shape index (κ3) is 1.21. The topological polar surface area (TPSA) is 44.5 Å². The standard InChI is InChI=1S/C11H7F2N3/c12-9-1-7-8(6-3-15-16-4-6)5-14-11(7)2-10(9)13/h1-5,14H,(H,15,16). The van der Waals surface area contributed by atoms with Gasteiger partial charge in [0.1, 0.15) is 0 Å². The number of rotatable bonds is 1. The Kier molecular flexibility index (Phi) is 1.80. The van der Waals surface area contributed by atoms with Gasteiger partial charge in [-0.1, -0.05) is 0 Å². The highest BCUT2D eigenvalue weighted by Crippen LogP contribution is 2.29. The number of aromatic amines is 2. The van der Waals surface area contributed by atoms with E-state index in [0.717, 1.165) is 17.2 Å². The third-order valence-electron chi connectivity index (χ3n) is 2.53. The lowest BCUT2D eigenvalue weighted by Crippen LogP contribution is -1.82. The maximum Gasteiger partial charge on any atom is 0.160 e. The van der Waals surface area contributed by atoms with Gasteiger partial charge in [-0.2, -0.15) is 5.10 Å². The summed E-state index contributed by atoms with van der Waals surface area (Å²) in [6, 6.07) is 2.33. The van der Waals surface area contributed by atoms with E-state index in [1.807, 2.05) is 0 Å². The largest absolute Gasteiger partial charge is 0.360 e. The molecule has 0 spiro atoms. The summed E-state index contributed by atoms with van der Waals surface area (Å²) < 4.78 is 26.1. The average molecular weight is 219 g/mol. The molecule has 3 nitrogen and oxygen atoms in total. The van der Waals surface area contributed by atoms with Gasteiger partial charge in [-0.25, -0.2) is 8.78 Å². The molecule has 2 aromatic heterocycles. The average Bonchev–Trinajstić information content (AvgIpc) is 2.87. The molecule has 0 unspecified atom stereocenters. The van der Waals surface area contributed by atoms with Crippen LogP contribution in [0.25, 0.3) is 22.0 Å². The van der Waals surface area contributed by atoms with Crippen molar-refractivity contribution in [2.75, 3.05) is 0 Å². The first-order valence-electron chi connectivity index (χ1n) is 4.71. The van der Waals surface area contributed by atoms with Crippen LogP contribution in [-0.4, -0.2) is 15.2 Å². The number of nitrogens with one attached hydrogen (secondary N) is 2. The number of aromatic nitrogens is 3. The van der Waals surface area contributed by atoms with Crippen molar-refractivity contribution >= 4 is 10.9 Å². The second-order valence-electron chi connectivity index (χ2n) is 3.50. The molecule has 0 fully saturated rings. The summed E-state index contributed by atoms with van der Waals surface area (Å²) in [5.41, 5.74) is 2.19. The second-order valence-corrected chi connectivity index (χ2v) is 3.50. The zero-order chi connectivity index (χ0) is 11.1. The minimum absolute atomic E-state index is 0.565. The van der Waals surface area contributed by atoms with Crippen molar-refractivity contribution in [1.29, 1.82) is 0 Å². The Morgan fingerprint density at radius 3 is 2.62 bits per heavy atom. The fourth-order valence-corrected chi connectivity index (χ4v) is 1.75. The van der Waals surface area contributed by atoms with Crippen LogP contribution in [0.15, 0.2) is 30.7 Å². The van der Waals surface area contributed by atoms with Crippen molar-refractivity contribution in [1.82, 2.24) is 15.2 Å². The first-order chi connectivity index (χ1) is 7.75. The van der Waals surface area contributed by atoms with Gasteiger partial charge in [0.05, 0.1) is 6.20 Å². The third-order valence-corrected chi connectivity index (χ3v) is 2.53. The summed E-state index contributed by atoms with van der Waals surface area (Å²) >= 11 is 0. The van der Waals surface area contributed by atoms with Gasteiger partial charge in [-0.05, 0) is 6.07 Å². The molecular weight excluding hydrogens is 212 g/mol. The van der Waals surface area contributed by atoms with Gasteiger partial charge in [-0.3, -0.25) is 5.10 Å². The van der Waals surface area contributed by atoms with Gasteiger partial charge in [-0.15, -0.1) is 0 Å². The summed E-state index contributed by atoms with van der Waals surface area (Å²) in [5.74, 6) is -1.70. The summed E-state index contributed by atoms with van der Waals surface area (Å²) in [7, 11) is 0. The molecule has 3 aromatic rings. The van der Waals surface area contributed by atoms with Crippen molar-refractivity contribution in [3.05, 3.63) is 42.4 Å². The summed E-state index contributed by atoms with van der Waals surface area (Å²) in [4.78, 5) is 2.90. The lowest BCUT2D eigenvalue weighted by atomic mass is 10.1. The fourth-order valence-electron chi connectivity index (χ4n) is 1.75. The van der Waals surface area contributed by atoms with Gasteiger partial charge in [0.15, 0.2) is 11.6 Å². The van der Waals surface area contributed by atoms with Gasteiger partial charge < -0.3 is 4.98 Å². The molecular formula is C11H7F2N3. The molecule has 0 atom stereocenters. The lowest BCUT2D eigenvalue weighted by molar-refractivity contribution is 0.511. The van der Waals surface area contributed by atoms with E-state index < -0.39 is 11.6 Å². The monoisotopic (exact) mass is 219 g/mol. The molecule has 1 aromatic carbocycles. The van der Waals surface area contributed by atoms with E-state index in [0.29, 0.717) is 10.9 Å². The van der Waals surface area contributed by atoms with Gasteiger partial charge in [0, 0.05) is 40.5 Å². The highest BCUT2D eigenvalue weighted by molar-refractivity contribution is 5.95. The number of hydrogen-bond acceptors (Lipinski definition) is 1. The smallest absolute Gasteiger partial charge is 0.160 e. The van der Waals surface area contributed by atoms with Crippen LogP contribution in [0.3, 0.4) is 0 Å². The molecule has 0 bridgehead atoms. The fraction of sp³-hybridized carbons (Fsp3) is 0. The van der Waals surface area contributed by atoms with E-state index >= 15 is 0 Å². The van der Waals surface area contributed by atoms with Crippen LogP contribution >= 0.6 is 0 Å². The zero-order valence-electron chi connectivity index (χ0n) is 8.09. The quantitative estimate of drug-likeness (QED) is 0.649. The molecule has 0 amide bonds. The van der Waals surface area contributed by atoms with Gasteiger partial charge >= 0.3 is 0 Å². The Bertz CT molecular complexity index is 641. The van der Waals surface area contributed by atoms with Crippen molar-refractivity contribution < 1.29 is 8.78 Å². The summed E-state index contributed by atoms with van der Waals surface area (Å²) in [6.07, 6.45) is 5.03. The minimum Gasteiger partial charge on any atom is -0.360 e. The van der Waals surface area contributed by atoms with Gasteiger partial charge in [0.25, 0.3) is 0 Å². The number of benzene rings is 1. The predicted octanol–water partition coefficient (Wildman–Crippen LogP) is 2.84. The van der Waals surface area contributed by atoms with Crippen LogP contribution in [0, 0.1) is 11.6 Å². The molecule has 5 heteroatoms. The molecule has 0 aliphatic rings. The minimum atomic E-state index is -0.854. The normalized spacial score (nSPS) is 11.1. The van der Waals surface area contributed by atoms with E-state index in [9.17, 15) is 8.78 Å². The SMILES string of the molecule is Fc1cc2[nH]cc(-c3cn[nH]c3)c2cc1F. The van der Waals surface area contributed by atoms with Crippen LogP contribution < -0.4 is 0 Å².